The largest absolute Gasteiger partial charge is 0.452 e. The molecule has 1 aromatic heterocycles. The Morgan fingerprint density at radius 3 is 2.72 bits per heavy atom. The molecule has 96 valence electrons. The molecule has 1 heterocycles. The number of halogens is 2. The summed E-state index contributed by atoms with van der Waals surface area (Å²) < 4.78 is 19.7. The van der Waals surface area contributed by atoms with E-state index in [1.165, 1.54) is 6.07 Å². The van der Waals surface area contributed by atoms with E-state index in [1.807, 2.05) is 26.0 Å². The first kappa shape index (κ1) is 13.3. The van der Waals surface area contributed by atoms with Crippen LogP contribution >= 0.6 is 15.9 Å². The third-order valence-corrected chi connectivity index (χ3v) is 3.27. The van der Waals surface area contributed by atoms with Gasteiger partial charge in [-0.15, -0.1) is 0 Å². The Bertz CT molecular complexity index is 538. The van der Waals surface area contributed by atoms with Gasteiger partial charge in [0.1, 0.15) is 11.6 Å². The van der Waals surface area contributed by atoms with E-state index in [9.17, 15) is 4.39 Å². The molecule has 0 aliphatic carbocycles. The summed E-state index contributed by atoms with van der Waals surface area (Å²) in [6.45, 7) is 4.76. The van der Waals surface area contributed by atoms with Crippen molar-refractivity contribution in [3.05, 3.63) is 57.7 Å². The van der Waals surface area contributed by atoms with E-state index in [0.717, 1.165) is 23.4 Å². The second-order valence-electron chi connectivity index (χ2n) is 4.13. The van der Waals surface area contributed by atoms with Crippen LogP contribution in [0.15, 0.2) is 39.4 Å². The second-order valence-corrected chi connectivity index (χ2v) is 4.92. The molecule has 0 amide bonds. The zero-order valence-electron chi connectivity index (χ0n) is 10.3. The predicted octanol–water partition coefficient (Wildman–Crippen LogP) is 4.19. The molecule has 0 fully saturated rings. The van der Waals surface area contributed by atoms with Crippen LogP contribution in [0.5, 0.6) is 0 Å². The van der Waals surface area contributed by atoms with Gasteiger partial charge in [0.15, 0.2) is 4.67 Å². The lowest BCUT2D eigenvalue weighted by Gasteiger charge is -2.18. The van der Waals surface area contributed by atoms with Gasteiger partial charge < -0.3 is 9.73 Å². The first-order valence-electron chi connectivity index (χ1n) is 5.86. The molecule has 1 aromatic carbocycles. The van der Waals surface area contributed by atoms with Gasteiger partial charge in [0.05, 0.1) is 6.04 Å². The number of hydrogen-bond donors (Lipinski definition) is 1. The molecule has 2 rings (SSSR count). The summed E-state index contributed by atoms with van der Waals surface area (Å²) in [6.07, 6.45) is 0. The zero-order chi connectivity index (χ0) is 13.1. The highest BCUT2D eigenvalue weighted by molar-refractivity contribution is 9.10. The lowest BCUT2D eigenvalue weighted by molar-refractivity contribution is 0.436. The molecule has 2 aromatic rings. The summed E-state index contributed by atoms with van der Waals surface area (Å²) in [6, 6.07) is 8.42. The molecule has 0 saturated carbocycles. The zero-order valence-corrected chi connectivity index (χ0v) is 11.9. The first-order chi connectivity index (χ1) is 8.61. The Hall–Kier alpha value is -1.13. The Labute approximate surface area is 114 Å². The maximum absolute atomic E-state index is 13.4. The molecule has 1 unspecified atom stereocenters. The smallest absolute Gasteiger partial charge is 0.169 e. The fourth-order valence-electron chi connectivity index (χ4n) is 1.97. The normalized spacial score (nSPS) is 12.7. The molecule has 1 atom stereocenters. The van der Waals surface area contributed by atoms with Crippen LogP contribution in [0.3, 0.4) is 0 Å². The number of aryl methyl sites for hydroxylation is 1. The first-order valence-corrected chi connectivity index (χ1v) is 6.65. The van der Waals surface area contributed by atoms with Crippen molar-refractivity contribution in [3.8, 4) is 0 Å². The molecule has 0 aliphatic rings. The molecule has 0 spiro atoms. The molecule has 1 N–H and O–H groups in total. The Morgan fingerprint density at radius 2 is 2.11 bits per heavy atom. The number of hydrogen-bond acceptors (Lipinski definition) is 2. The molecule has 0 saturated heterocycles. The molecular formula is C14H15BrFNO. The minimum Gasteiger partial charge on any atom is -0.452 e. The minimum atomic E-state index is -0.232. The Balaban J connectivity index is 2.44. The van der Waals surface area contributed by atoms with Crippen LogP contribution in [-0.2, 0) is 0 Å². The lowest BCUT2D eigenvalue weighted by Crippen LogP contribution is -2.22. The highest BCUT2D eigenvalue weighted by Crippen LogP contribution is 2.28. The van der Waals surface area contributed by atoms with Crippen molar-refractivity contribution in [1.29, 1.82) is 0 Å². The average Bonchev–Trinajstić information content (AvgIpc) is 2.76. The van der Waals surface area contributed by atoms with E-state index in [0.29, 0.717) is 4.67 Å². The van der Waals surface area contributed by atoms with Crippen molar-refractivity contribution in [2.24, 2.45) is 0 Å². The van der Waals surface area contributed by atoms with Gasteiger partial charge in [-0.3, -0.25) is 0 Å². The quantitative estimate of drug-likeness (QED) is 0.916. The van der Waals surface area contributed by atoms with E-state index in [1.54, 1.807) is 12.1 Å². The molecular weight excluding hydrogens is 297 g/mol. The summed E-state index contributed by atoms with van der Waals surface area (Å²) in [5.41, 5.74) is 1.94. The van der Waals surface area contributed by atoms with E-state index in [-0.39, 0.29) is 11.9 Å². The van der Waals surface area contributed by atoms with Crippen LogP contribution in [0.2, 0.25) is 0 Å². The maximum atomic E-state index is 13.4. The highest BCUT2D eigenvalue weighted by Gasteiger charge is 2.19. The van der Waals surface area contributed by atoms with E-state index >= 15 is 0 Å². The molecule has 0 radical (unpaired) electrons. The summed E-state index contributed by atoms with van der Waals surface area (Å²) in [4.78, 5) is 0. The standard InChI is InChI=1S/C14H15BrFNO/c1-3-17-14(12-6-7-13(15)18-12)11-8-10(16)5-4-9(11)2/h4-8,14,17H,3H2,1-2H3. The summed E-state index contributed by atoms with van der Waals surface area (Å²) >= 11 is 3.29. The number of nitrogens with one attached hydrogen (secondary N) is 1. The average molecular weight is 312 g/mol. The van der Waals surface area contributed by atoms with Crippen LogP contribution in [0.4, 0.5) is 4.39 Å². The Morgan fingerprint density at radius 1 is 1.33 bits per heavy atom. The van der Waals surface area contributed by atoms with Gasteiger partial charge in [-0.2, -0.15) is 0 Å². The fourth-order valence-corrected chi connectivity index (χ4v) is 2.29. The second kappa shape index (κ2) is 5.67. The third-order valence-electron chi connectivity index (χ3n) is 2.84. The SMILES string of the molecule is CCNC(c1ccc(Br)o1)c1cc(F)ccc1C. The van der Waals surface area contributed by atoms with Gasteiger partial charge in [0.25, 0.3) is 0 Å². The number of furan rings is 1. The third kappa shape index (κ3) is 2.82. The summed E-state index contributed by atoms with van der Waals surface area (Å²) in [7, 11) is 0. The fraction of sp³-hybridized carbons (Fsp3) is 0.286. The van der Waals surface area contributed by atoms with Crippen LogP contribution < -0.4 is 5.32 Å². The topological polar surface area (TPSA) is 25.2 Å². The van der Waals surface area contributed by atoms with E-state index < -0.39 is 0 Å². The van der Waals surface area contributed by atoms with Crippen molar-refractivity contribution in [2.45, 2.75) is 19.9 Å². The van der Waals surface area contributed by atoms with Crippen LogP contribution in [0.25, 0.3) is 0 Å². The molecule has 0 aliphatic heterocycles. The van der Waals surface area contributed by atoms with Crippen molar-refractivity contribution >= 4 is 15.9 Å². The van der Waals surface area contributed by atoms with Gasteiger partial charge in [0, 0.05) is 0 Å². The molecule has 2 nitrogen and oxygen atoms in total. The maximum Gasteiger partial charge on any atom is 0.169 e. The monoisotopic (exact) mass is 311 g/mol. The highest BCUT2D eigenvalue weighted by atomic mass is 79.9. The van der Waals surface area contributed by atoms with Gasteiger partial charge in [-0.25, -0.2) is 4.39 Å². The summed E-state index contributed by atoms with van der Waals surface area (Å²) in [5.74, 6) is 0.543. The molecule has 4 heteroatoms. The van der Waals surface area contributed by atoms with Gasteiger partial charge in [-0.1, -0.05) is 13.0 Å². The number of rotatable bonds is 4. The Kier molecular flexibility index (Phi) is 4.19. The van der Waals surface area contributed by atoms with E-state index in [4.69, 9.17) is 4.42 Å². The van der Waals surface area contributed by atoms with E-state index in [2.05, 4.69) is 21.2 Å². The van der Waals surface area contributed by atoms with Gasteiger partial charge >= 0.3 is 0 Å². The van der Waals surface area contributed by atoms with Crippen LogP contribution in [0, 0.1) is 12.7 Å². The predicted molar refractivity (Wildman–Crippen MR) is 73.1 cm³/mol. The summed E-state index contributed by atoms with van der Waals surface area (Å²) in [5, 5.41) is 3.32. The van der Waals surface area contributed by atoms with Gasteiger partial charge in [0.2, 0.25) is 0 Å². The van der Waals surface area contributed by atoms with Crippen LogP contribution in [-0.4, -0.2) is 6.54 Å². The van der Waals surface area contributed by atoms with Crippen molar-refractivity contribution in [1.82, 2.24) is 5.32 Å². The van der Waals surface area contributed by atoms with Gasteiger partial charge in [-0.05, 0) is 64.8 Å². The lowest BCUT2D eigenvalue weighted by atomic mass is 9.99. The van der Waals surface area contributed by atoms with Crippen molar-refractivity contribution in [3.63, 3.8) is 0 Å². The number of benzene rings is 1. The van der Waals surface area contributed by atoms with Crippen molar-refractivity contribution < 1.29 is 8.81 Å². The minimum absolute atomic E-state index is 0.128. The molecule has 0 bridgehead atoms. The van der Waals surface area contributed by atoms with Crippen LogP contribution in [0.1, 0.15) is 29.9 Å². The van der Waals surface area contributed by atoms with Crippen molar-refractivity contribution in [2.75, 3.05) is 6.54 Å². The molecule has 18 heavy (non-hydrogen) atoms.